The predicted molar refractivity (Wildman–Crippen MR) is 137 cm³/mol. The van der Waals surface area contributed by atoms with Crippen LogP contribution in [0, 0.1) is 0 Å². The Labute approximate surface area is 203 Å². The smallest absolute Gasteiger partial charge is 0.306 e. The van der Waals surface area contributed by atoms with Gasteiger partial charge in [-0.3, -0.25) is 9.59 Å². The highest BCUT2D eigenvalue weighted by molar-refractivity contribution is 7.20. The van der Waals surface area contributed by atoms with Gasteiger partial charge in [-0.25, -0.2) is 4.98 Å². The zero-order chi connectivity index (χ0) is 25.0. The summed E-state index contributed by atoms with van der Waals surface area (Å²) in [5, 5.41) is 0.185. The van der Waals surface area contributed by atoms with Crippen LogP contribution < -0.4 is 4.74 Å². The summed E-state index contributed by atoms with van der Waals surface area (Å²) in [5.41, 5.74) is 1.10. The van der Waals surface area contributed by atoms with Crippen LogP contribution in [0.15, 0.2) is 12.1 Å². The molecule has 0 aromatic carbocycles. The molecule has 0 amide bonds. The van der Waals surface area contributed by atoms with Gasteiger partial charge in [-0.15, -0.1) is 11.3 Å². The van der Waals surface area contributed by atoms with E-state index < -0.39 is 13.9 Å². The number of methoxy groups -OCH3 is 1. The van der Waals surface area contributed by atoms with Gasteiger partial charge in [-0.1, -0.05) is 20.8 Å². The predicted octanol–water partition coefficient (Wildman–Crippen LogP) is 6.56. The van der Waals surface area contributed by atoms with Gasteiger partial charge in [0.05, 0.1) is 34.3 Å². The molecule has 0 aliphatic heterocycles. The average Bonchev–Trinajstić information content (AvgIpc) is 3.09. The molecular formula is C25H39NO5SSi. The van der Waals surface area contributed by atoms with E-state index in [-0.39, 0.29) is 29.6 Å². The second-order valence-corrected chi connectivity index (χ2v) is 16.7. The molecule has 0 spiro atoms. The van der Waals surface area contributed by atoms with Crippen LogP contribution in [0.1, 0.15) is 76.2 Å². The zero-order valence-corrected chi connectivity index (χ0v) is 23.4. The number of ether oxygens (including phenoxy) is 2. The number of ketones is 1. The summed E-state index contributed by atoms with van der Waals surface area (Å²) in [6.45, 7) is 17.4. The Hall–Kier alpha value is -1.77. The summed E-state index contributed by atoms with van der Waals surface area (Å²) < 4.78 is 18.0. The molecule has 0 atom stereocenters. The average molecular weight is 494 g/mol. The Kier molecular flexibility index (Phi) is 8.87. The van der Waals surface area contributed by atoms with Crippen LogP contribution in [0.25, 0.3) is 10.2 Å². The van der Waals surface area contributed by atoms with Crippen molar-refractivity contribution in [3.8, 4) is 5.75 Å². The molecule has 0 unspecified atom stereocenters. The van der Waals surface area contributed by atoms with Crippen LogP contribution in [0.3, 0.4) is 0 Å². The maximum atomic E-state index is 12.6. The van der Waals surface area contributed by atoms with Crippen molar-refractivity contribution in [2.24, 2.45) is 0 Å². The second-order valence-electron chi connectivity index (χ2n) is 10.9. The van der Waals surface area contributed by atoms with Gasteiger partial charge in [0.25, 0.3) is 0 Å². The van der Waals surface area contributed by atoms with E-state index in [0.717, 1.165) is 34.5 Å². The second kappa shape index (κ2) is 10.7. The monoisotopic (exact) mass is 493 g/mol. The van der Waals surface area contributed by atoms with E-state index in [4.69, 9.17) is 18.9 Å². The van der Waals surface area contributed by atoms with E-state index in [0.29, 0.717) is 11.5 Å². The molecule has 2 heterocycles. The molecule has 0 aliphatic rings. The van der Waals surface area contributed by atoms with Crippen molar-refractivity contribution in [3.63, 3.8) is 0 Å². The SMILES string of the molecule is COc1cc2sc(C(=O)CCC(=O)OC(C)(C)C)cc2nc1CCCO[Si](C)(C)C(C)(C)C. The maximum absolute atomic E-state index is 12.6. The van der Waals surface area contributed by atoms with Gasteiger partial charge in [0.1, 0.15) is 11.4 Å². The molecule has 0 saturated heterocycles. The normalized spacial score (nSPS) is 12.8. The van der Waals surface area contributed by atoms with E-state index in [1.54, 1.807) is 7.11 Å². The molecule has 8 heteroatoms. The lowest BCUT2D eigenvalue weighted by molar-refractivity contribution is -0.154. The number of aromatic nitrogens is 1. The van der Waals surface area contributed by atoms with Crippen molar-refractivity contribution in [1.82, 2.24) is 4.98 Å². The van der Waals surface area contributed by atoms with E-state index in [2.05, 4.69) is 33.9 Å². The molecule has 0 radical (unpaired) electrons. The molecule has 0 bridgehead atoms. The first-order valence-electron chi connectivity index (χ1n) is 11.5. The topological polar surface area (TPSA) is 74.7 Å². The number of rotatable bonds is 10. The summed E-state index contributed by atoms with van der Waals surface area (Å²) >= 11 is 1.38. The van der Waals surface area contributed by atoms with E-state index in [9.17, 15) is 9.59 Å². The molecule has 0 N–H and O–H groups in total. The molecule has 0 aliphatic carbocycles. The Balaban J connectivity index is 2.04. The quantitative estimate of drug-likeness (QED) is 0.161. The minimum Gasteiger partial charge on any atom is -0.495 e. The first-order chi connectivity index (χ1) is 15.1. The van der Waals surface area contributed by atoms with Crippen molar-refractivity contribution in [3.05, 3.63) is 22.7 Å². The Morgan fingerprint density at radius 1 is 1.06 bits per heavy atom. The number of Topliss-reactive ketones (excluding diaryl/α,β-unsaturated/α-hetero) is 1. The van der Waals surface area contributed by atoms with Gasteiger partial charge in [0.2, 0.25) is 0 Å². The fourth-order valence-electron chi connectivity index (χ4n) is 3.00. The van der Waals surface area contributed by atoms with Crippen molar-refractivity contribution in [2.75, 3.05) is 13.7 Å². The summed E-state index contributed by atoms with van der Waals surface area (Å²) in [6, 6.07) is 3.76. The van der Waals surface area contributed by atoms with Crippen LogP contribution in [0.5, 0.6) is 5.75 Å². The standard InChI is InChI=1S/C25H39NO5SSi/c1-24(2,3)31-23(28)13-12-19(27)22-15-18-21(32-22)16-20(29-7)17(26-18)11-10-14-30-33(8,9)25(4,5)6/h15-16H,10-14H2,1-9H3. The molecule has 2 aromatic rings. The van der Waals surface area contributed by atoms with E-state index in [1.165, 1.54) is 11.3 Å². The lowest BCUT2D eigenvalue weighted by Gasteiger charge is -2.36. The molecular weight excluding hydrogens is 454 g/mol. The molecule has 33 heavy (non-hydrogen) atoms. The first kappa shape index (κ1) is 27.5. The zero-order valence-electron chi connectivity index (χ0n) is 21.6. The summed E-state index contributed by atoms with van der Waals surface area (Å²) in [5.74, 6) is 0.288. The number of hydrogen-bond donors (Lipinski definition) is 0. The van der Waals surface area contributed by atoms with Gasteiger partial charge < -0.3 is 13.9 Å². The first-order valence-corrected chi connectivity index (χ1v) is 15.2. The highest BCUT2D eigenvalue weighted by Crippen LogP contribution is 2.37. The molecule has 2 rings (SSSR count). The Morgan fingerprint density at radius 2 is 1.73 bits per heavy atom. The summed E-state index contributed by atoms with van der Waals surface area (Å²) in [7, 11) is -0.130. The highest BCUT2D eigenvalue weighted by atomic mass is 32.1. The molecule has 0 fully saturated rings. The Morgan fingerprint density at radius 3 is 2.30 bits per heavy atom. The summed E-state index contributed by atoms with van der Waals surface area (Å²) in [4.78, 5) is 29.9. The number of nitrogens with zero attached hydrogens (tertiary/aromatic N) is 1. The molecule has 0 saturated carbocycles. The highest BCUT2D eigenvalue weighted by Gasteiger charge is 2.36. The number of fused-ring (bicyclic) bond motifs is 1. The third-order valence-electron chi connectivity index (χ3n) is 5.84. The van der Waals surface area contributed by atoms with Crippen molar-refractivity contribution in [2.45, 2.75) is 91.0 Å². The van der Waals surface area contributed by atoms with E-state index >= 15 is 0 Å². The van der Waals surface area contributed by atoms with Gasteiger partial charge in [0.15, 0.2) is 14.1 Å². The Bertz CT molecular complexity index is 985. The number of carbonyl (C=O) groups excluding carboxylic acids is 2. The van der Waals surface area contributed by atoms with Crippen LogP contribution in [0.4, 0.5) is 0 Å². The number of pyridine rings is 1. The third kappa shape index (κ3) is 7.90. The van der Waals surface area contributed by atoms with Crippen molar-refractivity contribution >= 4 is 41.6 Å². The minimum atomic E-state index is -1.77. The fourth-order valence-corrected chi connectivity index (χ4v) is 5.08. The van der Waals surface area contributed by atoms with Crippen molar-refractivity contribution < 1.29 is 23.5 Å². The van der Waals surface area contributed by atoms with E-state index in [1.807, 2.05) is 32.9 Å². The number of hydrogen-bond acceptors (Lipinski definition) is 7. The van der Waals surface area contributed by atoms with Gasteiger partial charge in [-0.05, 0) is 57.8 Å². The maximum Gasteiger partial charge on any atom is 0.306 e. The van der Waals surface area contributed by atoms with Crippen LogP contribution in [-0.4, -0.2) is 44.4 Å². The molecule has 2 aromatic heterocycles. The number of carbonyl (C=O) groups is 2. The van der Waals surface area contributed by atoms with Gasteiger partial charge in [-0.2, -0.15) is 0 Å². The van der Waals surface area contributed by atoms with Crippen LogP contribution >= 0.6 is 11.3 Å². The van der Waals surface area contributed by atoms with Crippen molar-refractivity contribution in [1.29, 1.82) is 0 Å². The van der Waals surface area contributed by atoms with Crippen LogP contribution in [0.2, 0.25) is 18.1 Å². The number of esters is 1. The minimum absolute atomic E-state index is 0.0700. The largest absolute Gasteiger partial charge is 0.495 e. The number of thiophene rings is 1. The van der Waals surface area contributed by atoms with Crippen LogP contribution in [-0.2, 0) is 20.4 Å². The molecule has 6 nitrogen and oxygen atoms in total. The fraction of sp³-hybridized carbons (Fsp3) is 0.640. The molecule has 184 valence electrons. The van der Waals surface area contributed by atoms with Gasteiger partial charge >= 0.3 is 5.97 Å². The van der Waals surface area contributed by atoms with Gasteiger partial charge in [0, 0.05) is 19.1 Å². The lowest BCUT2D eigenvalue weighted by atomic mass is 10.1. The number of aryl methyl sites for hydroxylation is 1. The third-order valence-corrected chi connectivity index (χ3v) is 11.5. The lowest BCUT2D eigenvalue weighted by Crippen LogP contribution is -2.41. The summed E-state index contributed by atoms with van der Waals surface area (Å²) in [6.07, 6.45) is 1.79.